The van der Waals surface area contributed by atoms with E-state index in [1.54, 1.807) is 25.1 Å². The smallest absolute Gasteiger partial charge is 0.337 e. The summed E-state index contributed by atoms with van der Waals surface area (Å²) in [5.74, 6) is -1.79. The van der Waals surface area contributed by atoms with Crippen molar-refractivity contribution in [3.63, 3.8) is 0 Å². The van der Waals surface area contributed by atoms with Crippen molar-refractivity contribution in [1.82, 2.24) is 4.90 Å². The first-order chi connectivity index (χ1) is 14.7. The van der Waals surface area contributed by atoms with Gasteiger partial charge in [-0.3, -0.25) is 19.3 Å². The fraction of sp³-hybridized carbons (Fsp3) is 0.238. The lowest BCUT2D eigenvalue weighted by molar-refractivity contribution is -0.150. The Kier molecular flexibility index (Phi) is 6.87. The van der Waals surface area contributed by atoms with Gasteiger partial charge in [0.15, 0.2) is 0 Å². The quantitative estimate of drug-likeness (QED) is 0.465. The average molecular weight is 464 g/mol. The topological polar surface area (TPSA) is 114 Å². The molecule has 1 aromatic heterocycles. The Bertz CT molecular complexity index is 1090. The van der Waals surface area contributed by atoms with Crippen LogP contribution >= 0.6 is 23.4 Å². The van der Waals surface area contributed by atoms with Crippen molar-refractivity contribution in [2.45, 2.75) is 26.4 Å². The van der Waals surface area contributed by atoms with Crippen LogP contribution < -0.4 is 0 Å². The maximum Gasteiger partial charge on any atom is 0.337 e. The van der Waals surface area contributed by atoms with Gasteiger partial charge in [0.1, 0.15) is 18.1 Å². The van der Waals surface area contributed by atoms with E-state index in [-0.39, 0.29) is 27.4 Å². The molecule has 1 N–H and O–H groups in total. The number of halogens is 1. The molecule has 0 aliphatic carbocycles. The SMILES string of the molecule is CC[C@@H](C)OC(=O)CN1C(=O)S/C(=C/c2ccc(-c3ccc(Cl)c(C(=O)O)c3)o2)C1=O. The van der Waals surface area contributed by atoms with Gasteiger partial charge in [0.25, 0.3) is 11.1 Å². The number of carboxylic acid groups (broad SMARTS) is 1. The summed E-state index contributed by atoms with van der Waals surface area (Å²) < 4.78 is 10.8. The number of carbonyl (C=O) groups is 4. The second-order valence-electron chi connectivity index (χ2n) is 6.68. The Morgan fingerprint density at radius 2 is 2.03 bits per heavy atom. The van der Waals surface area contributed by atoms with Gasteiger partial charge in [0.05, 0.1) is 21.6 Å². The predicted octanol–water partition coefficient (Wildman–Crippen LogP) is 4.68. The fourth-order valence-corrected chi connectivity index (χ4v) is 3.68. The number of benzene rings is 1. The molecular weight excluding hydrogens is 446 g/mol. The third-order valence-electron chi connectivity index (χ3n) is 4.45. The number of carboxylic acids is 1. The van der Waals surface area contributed by atoms with Crippen LogP contribution in [0.1, 0.15) is 36.4 Å². The molecule has 0 unspecified atom stereocenters. The Morgan fingerprint density at radius 1 is 1.29 bits per heavy atom. The van der Waals surface area contributed by atoms with Crippen molar-refractivity contribution in [3.8, 4) is 11.3 Å². The van der Waals surface area contributed by atoms with Crippen molar-refractivity contribution in [1.29, 1.82) is 0 Å². The first kappa shape index (κ1) is 22.6. The Labute approximate surface area is 186 Å². The standard InChI is InChI=1S/C21H18ClNO7S/c1-3-11(2)29-18(24)10-23-19(25)17(31-21(23)28)9-13-5-7-16(30-13)12-4-6-15(22)14(8-12)20(26)27/h4-9,11H,3,10H2,1-2H3,(H,26,27)/b17-9+/t11-/m1/s1. The zero-order valence-electron chi connectivity index (χ0n) is 16.6. The average Bonchev–Trinajstić information content (AvgIpc) is 3.28. The maximum absolute atomic E-state index is 12.5. The number of hydrogen-bond acceptors (Lipinski definition) is 7. The third kappa shape index (κ3) is 5.18. The van der Waals surface area contributed by atoms with Crippen molar-refractivity contribution in [3.05, 3.63) is 51.6 Å². The van der Waals surface area contributed by atoms with Gasteiger partial charge in [-0.05, 0) is 55.4 Å². The molecule has 1 aliphatic heterocycles. The highest BCUT2D eigenvalue weighted by atomic mass is 35.5. The first-order valence-corrected chi connectivity index (χ1v) is 10.5. The van der Waals surface area contributed by atoms with Gasteiger partial charge in [0.2, 0.25) is 0 Å². The zero-order chi connectivity index (χ0) is 22.7. The molecule has 162 valence electrons. The molecule has 1 aliphatic rings. The number of aromatic carboxylic acids is 1. The van der Waals surface area contributed by atoms with Crippen molar-refractivity contribution < 1.29 is 33.4 Å². The summed E-state index contributed by atoms with van der Waals surface area (Å²) in [6.07, 6.45) is 1.71. The Morgan fingerprint density at radius 3 is 2.71 bits per heavy atom. The molecule has 1 fully saturated rings. The summed E-state index contributed by atoms with van der Waals surface area (Å²) in [7, 11) is 0. The van der Waals surface area contributed by atoms with Crippen LogP contribution in [0, 0.1) is 0 Å². The zero-order valence-corrected chi connectivity index (χ0v) is 18.2. The summed E-state index contributed by atoms with van der Waals surface area (Å²) in [4.78, 5) is 48.8. The molecule has 1 aromatic carbocycles. The van der Waals surface area contributed by atoms with Crippen LogP contribution in [0.5, 0.6) is 0 Å². The minimum Gasteiger partial charge on any atom is -0.478 e. The largest absolute Gasteiger partial charge is 0.478 e. The number of hydrogen-bond donors (Lipinski definition) is 1. The fourth-order valence-electron chi connectivity index (χ4n) is 2.67. The molecule has 1 atom stereocenters. The number of thioether (sulfide) groups is 1. The Hall–Kier alpha value is -3.04. The van der Waals surface area contributed by atoms with Gasteiger partial charge >= 0.3 is 11.9 Å². The summed E-state index contributed by atoms with van der Waals surface area (Å²) in [6.45, 7) is 3.11. The molecule has 10 heteroatoms. The predicted molar refractivity (Wildman–Crippen MR) is 115 cm³/mol. The number of imide groups is 1. The van der Waals surface area contributed by atoms with Gasteiger partial charge in [-0.2, -0.15) is 0 Å². The second-order valence-corrected chi connectivity index (χ2v) is 8.08. The normalized spacial score (nSPS) is 16.1. The second kappa shape index (κ2) is 9.40. The lowest BCUT2D eigenvalue weighted by Gasteiger charge is -2.14. The molecule has 0 saturated carbocycles. The molecule has 1 saturated heterocycles. The monoisotopic (exact) mass is 463 g/mol. The molecule has 31 heavy (non-hydrogen) atoms. The molecular formula is C21H18ClNO7S. The van der Waals surface area contributed by atoms with E-state index in [0.29, 0.717) is 29.5 Å². The van der Waals surface area contributed by atoms with E-state index in [9.17, 15) is 24.3 Å². The lowest BCUT2D eigenvalue weighted by Crippen LogP contribution is -2.35. The number of amides is 2. The van der Waals surface area contributed by atoms with E-state index >= 15 is 0 Å². The number of carbonyl (C=O) groups excluding carboxylic acids is 3. The molecule has 3 rings (SSSR count). The van der Waals surface area contributed by atoms with Crippen molar-refractivity contribution >= 4 is 52.5 Å². The van der Waals surface area contributed by atoms with Crippen LogP contribution in [0.2, 0.25) is 5.02 Å². The van der Waals surface area contributed by atoms with Gasteiger partial charge in [-0.25, -0.2) is 4.79 Å². The van der Waals surface area contributed by atoms with Crippen molar-refractivity contribution in [2.75, 3.05) is 6.54 Å². The van der Waals surface area contributed by atoms with Crippen LogP contribution in [0.25, 0.3) is 17.4 Å². The summed E-state index contributed by atoms with van der Waals surface area (Å²) in [5.41, 5.74) is 0.421. The van der Waals surface area contributed by atoms with Crippen LogP contribution in [0.3, 0.4) is 0 Å². The van der Waals surface area contributed by atoms with Gasteiger partial charge in [-0.15, -0.1) is 0 Å². The van der Waals surface area contributed by atoms with E-state index in [1.807, 2.05) is 6.92 Å². The van der Waals surface area contributed by atoms with Crippen molar-refractivity contribution in [2.24, 2.45) is 0 Å². The number of nitrogens with zero attached hydrogens (tertiary/aromatic N) is 1. The van der Waals surface area contributed by atoms with E-state index < -0.39 is 29.6 Å². The molecule has 0 bridgehead atoms. The van der Waals surface area contributed by atoms with Crippen LogP contribution in [-0.2, 0) is 14.3 Å². The molecule has 0 spiro atoms. The summed E-state index contributed by atoms with van der Waals surface area (Å²) in [6, 6.07) is 7.62. The van der Waals surface area contributed by atoms with Crippen LogP contribution in [-0.4, -0.2) is 45.7 Å². The highest BCUT2D eigenvalue weighted by molar-refractivity contribution is 8.18. The highest BCUT2D eigenvalue weighted by Gasteiger charge is 2.37. The third-order valence-corrected chi connectivity index (χ3v) is 5.69. The number of furan rings is 1. The molecule has 2 aromatic rings. The number of esters is 1. The number of ether oxygens (including phenoxy) is 1. The van der Waals surface area contributed by atoms with Gasteiger partial charge in [0, 0.05) is 11.6 Å². The molecule has 8 nitrogen and oxygen atoms in total. The molecule has 0 radical (unpaired) electrons. The first-order valence-electron chi connectivity index (χ1n) is 9.27. The summed E-state index contributed by atoms with van der Waals surface area (Å²) in [5, 5.41) is 8.73. The van der Waals surface area contributed by atoms with Crippen LogP contribution in [0.4, 0.5) is 4.79 Å². The van der Waals surface area contributed by atoms with E-state index in [2.05, 4.69) is 0 Å². The molecule has 2 amide bonds. The van der Waals surface area contributed by atoms with Gasteiger partial charge in [-0.1, -0.05) is 18.5 Å². The Balaban J connectivity index is 1.76. The highest BCUT2D eigenvalue weighted by Crippen LogP contribution is 2.34. The minimum absolute atomic E-state index is 0.0671. The lowest BCUT2D eigenvalue weighted by atomic mass is 10.1. The van der Waals surface area contributed by atoms with Gasteiger partial charge < -0.3 is 14.3 Å². The number of rotatable bonds is 7. The van der Waals surface area contributed by atoms with E-state index in [0.717, 1.165) is 4.90 Å². The van der Waals surface area contributed by atoms with E-state index in [1.165, 1.54) is 18.2 Å². The van der Waals surface area contributed by atoms with Crippen LogP contribution in [0.15, 0.2) is 39.7 Å². The minimum atomic E-state index is -1.17. The summed E-state index contributed by atoms with van der Waals surface area (Å²) >= 11 is 6.57. The maximum atomic E-state index is 12.5. The molecule has 2 heterocycles. The van der Waals surface area contributed by atoms with E-state index in [4.69, 9.17) is 20.8 Å².